The SMILES string of the molecule is CC(=O)Nc1ccccc1CNCc1ccc(CO)cc1. The molecule has 0 saturated heterocycles. The van der Waals surface area contributed by atoms with Crippen molar-refractivity contribution in [2.45, 2.75) is 26.6 Å². The Morgan fingerprint density at radius 1 is 1.00 bits per heavy atom. The number of carbonyl (C=O) groups is 1. The van der Waals surface area contributed by atoms with E-state index in [1.54, 1.807) is 0 Å². The number of rotatable bonds is 6. The fourth-order valence-electron chi connectivity index (χ4n) is 2.09. The number of amides is 1. The number of anilines is 1. The lowest BCUT2D eigenvalue weighted by atomic mass is 10.1. The maximum Gasteiger partial charge on any atom is 0.221 e. The number of carbonyl (C=O) groups excluding carboxylic acids is 1. The van der Waals surface area contributed by atoms with Gasteiger partial charge in [0.15, 0.2) is 0 Å². The molecule has 110 valence electrons. The lowest BCUT2D eigenvalue weighted by Gasteiger charge is -2.11. The van der Waals surface area contributed by atoms with Crippen LogP contribution in [-0.4, -0.2) is 11.0 Å². The van der Waals surface area contributed by atoms with Gasteiger partial charge in [0.1, 0.15) is 0 Å². The molecule has 0 aliphatic carbocycles. The topological polar surface area (TPSA) is 61.4 Å². The Labute approximate surface area is 124 Å². The van der Waals surface area contributed by atoms with E-state index >= 15 is 0 Å². The molecule has 0 atom stereocenters. The molecule has 0 heterocycles. The monoisotopic (exact) mass is 284 g/mol. The zero-order chi connectivity index (χ0) is 15.1. The fourth-order valence-corrected chi connectivity index (χ4v) is 2.09. The van der Waals surface area contributed by atoms with Crippen molar-refractivity contribution in [3.63, 3.8) is 0 Å². The summed E-state index contributed by atoms with van der Waals surface area (Å²) in [5, 5.41) is 15.2. The second kappa shape index (κ2) is 7.57. The summed E-state index contributed by atoms with van der Waals surface area (Å²) in [6.45, 7) is 2.99. The summed E-state index contributed by atoms with van der Waals surface area (Å²) in [6.07, 6.45) is 0. The minimum absolute atomic E-state index is 0.0673. The Balaban J connectivity index is 1.92. The molecule has 2 rings (SSSR count). The van der Waals surface area contributed by atoms with Crippen LogP contribution in [0.1, 0.15) is 23.6 Å². The molecule has 0 saturated carbocycles. The second-order valence-corrected chi connectivity index (χ2v) is 4.92. The Morgan fingerprint density at radius 3 is 2.33 bits per heavy atom. The number of benzene rings is 2. The Morgan fingerprint density at radius 2 is 1.67 bits per heavy atom. The summed E-state index contributed by atoms with van der Waals surface area (Å²) in [5.74, 6) is -0.0676. The third-order valence-electron chi connectivity index (χ3n) is 3.18. The summed E-state index contributed by atoms with van der Waals surface area (Å²) >= 11 is 0. The van der Waals surface area contributed by atoms with Gasteiger partial charge in [-0.15, -0.1) is 0 Å². The number of aliphatic hydroxyl groups excluding tert-OH is 1. The van der Waals surface area contributed by atoms with Crippen molar-refractivity contribution in [3.05, 3.63) is 65.2 Å². The first-order chi connectivity index (χ1) is 10.2. The molecule has 0 bridgehead atoms. The van der Waals surface area contributed by atoms with Crippen LogP contribution in [0.2, 0.25) is 0 Å². The molecule has 21 heavy (non-hydrogen) atoms. The van der Waals surface area contributed by atoms with Gasteiger partial charge in [-0.3, -0.25) is 4.79 Å². The van der Waals surface area contributed by atoms with Crippen LogP contribution >= 0.6 is 0 Å². The number of aliphatic hydroxyl groups is 1. The first kappa shape index (κ1) is 15.2. The first-order valence-corrected chi connectivity index (χ1v) is 6.94. The van der Waals surface area contributed by atoms with Crippen molar-refractivity contribution < 1.29 is 9.90 Å². The number of hydrogen-bond acceptors (Lipinski definition) is 3. The van der Waals surface area contributed by atoms with Crippen LogP contribution in [0.15, 0.2) is 48.5 Å². The average Bonchev–Trinajstić information content (AvgIpc) is 2.49. The molecule has 0 aliphatic rings. The van der Waals surface area contributed by atoms with E-state index in [0.29, 0.717) is 6.54 Å². The van der Waals surface area contributed by atoms with Gasteiger partial charge < -0.3 is 15.7 Å². The quantitative estimate of drug-likeness (QED) is 0.763. The molecule has 0 radical (unpaired) electrons. The summed E-state index contributed by atoms with van der Waals surface area (Å²) in [5.41, 5.74) is 3.96. The molecule has 0 aliphatic heterocycles. The molecule has 4 nitrogen and oxygen atoms in total. The molecule has 2 aromatic rings. The van der Waals surface area contributed by atoms with Gasteiger partial charge in [0.05, 0.1) is 6.61 Å². The average molecular weight is 284 g/mol. The van der Waals surface area contributed by atoms with E-state index < -0.39 is 0 Å². The highest BCUT2D eigenvalue weighted by Crippen LogP contribution is 2.15. The highest BCUT2D eigenvalue weighted by Gasteiger charge is 2.03. The minimum Gasteiger partial charge on any atom is -0.392 e. The van der Waals surface area contributed by atoms with Crippen LogP contribution in [0.4, 0.5) is 5.69 Å². The first-order valence-electron chi connectivity index (χ1n) is 6.94. The molecule has 0 spiro atoms. The standard InChI is InChI=1S/C17H20N2O2/c1-13(21)19-17-5-3-2-4-16(17)11-18-10-14-6-8-15(12-20)9-7-14/h2-9,18,20H,10-12H2,1H3,(H,19,21). The van der Waals surface area contributed by atoms with Gasteiger partial charge >= 0.3 is 0 Å². The maximum atomic E-state index is 11.2. The van der Waals surface area contributed by atoms with Crippen molar-refractivity contribution >= 4 is 11.6 Å². The van der Waals surface area contributed by atoms with Crippen molar-refractivity contribution in [2.24, 2.45) is 0 Å². The van der Waals surface area contributed by atoms with Crippen LogP contribution in [-0.2, 0) is 24.5 Å². The summed E-state index contributed by atoms with van der Waals surface area (Å²) in [4.78, 5) is 11.2. The van der Waals surface area contributed by atoms with E-state index in [2.05, 4.69) is 10.6 Å². The van der Waals surface area contributed by atoms with Crippen LogP contribution in [0.5, 0.6) is 0 Å². The lowest BCUT2D eigenvalue weighted by molar-refractivity contribution is -0.114. The van der Waals surface area contributed by atoms with Gasteiger partial charge in [-0.05, 0) is 22.8 Å². The summed E-state index contributed by atoms with van der Waals surface area (Å²) in [6, 6.07) is 15.6. The Bertz CT molecular complexity index is 594. The Kier molecular flexibility index (Phi) is 5.49. The van der Waals surface area contributed by atoms with Gasteiger partial charge in [-0.1, -0.05) is 42.5 Å². The smallest absolute Gasteiger partial charge is 0.221 e. The molecule has 3 N–H and O–H groups in total. The molecule has 0 aromatic heterocycles. The van der Waals surface area contributed by atoms with Gasteiger partial charge in [0.2, 0.25) is 5.91 Å². The predicted octanol–water partition coefficient (Wildman–Crippen LogP) is 2.43. The van der Waals surface area contributed by atoms with E-state index in [-0.39, 0.29) is 12.5 Å². The van der Waals surface area contributed by atoms with Crippen molar-refractivity contribution in [2.75, 3.05) is 5.32 Å². The lowest BCUT2D eigenvalue weighted by Crippen LogP contribution is -2.15. The predicted molar refractivity (Wildman–Crippen MR) is 83.7 cm³/mol. The van der Waals surface area contributed by atoms with Crippen molar-refractivity contribution in [1.29, 1.82) is 0 Å². The third-order valence-corrected chi connectivity index (χ3v) is 3.18. The molecule has 4 heteroatoms. The van der Waals surface area contributed by atoms with Crippen molar-refractivity contribution in [1.82, 2.24) is 5.32 Å². The van der Waals surface area contributed by atoms with E-state index in [1.807, 2.05) is 48.5 Å². The summed E-state index contributed by atoms with van der Waals surface area (Å²) in [7, 11) is 0. The molecular formula is C17H20N2O2. The largest absolute Gasteiger partial charge is 0.392 e. The maximum absolute atomic E-state index is 11.2. The second-order valence-electron chi connectivity index (χ2n) is 4.92. The van der Waals surface area contributed by atoms with E-state index in [9.17, 15) is 4.79 Å². The van der Waals surface area contributed by atoms with E-state index in [4.69, 9.17) is 5.11 Å². The van der Waals surface area contributed by atoms with Crippen LogP contribution in [0, 0.1) is 0 Å². The molecular weight excluding hydrogens is 264 g/mol. The highest BCUT2D eigenvalue weighted by atomic mass is 16.3. The van der Waals surface area contributed by atoms with E-state index in [0.717, 1.165) is 28.9 Å². The Hall–Kier alpha value is -2.17. The fraction of sp³-hybridized carbons (Fsp3) is 0.235. The van der Waals surface area contributed by atoms with Crippen molar-refractivity contribution in [3.8, 4) is 0 Å². The van der Waals surface area contributed by atoms with Gasteiger partial charge in [0, 0.05) is 25.7 Å². The number of para-hydroxylation sites is 1. The summed E-state index contributed by atoms with van der Waals surface area (Å²) < 4.78 is 0. The molecule has 0 fully saturated rings. The minimum atomic E-state index is -0.0676. The van der Waals surface area contributed by atoms with E-state index in [1.165, 1.54) is 6.92 Å². The number of nitrogens with one attached hydrogen (secondary N) is 2. The molecule has 1 amide bonds. The zero-order valence-corrected chi connectivity index (χ0v) is 12.1. The van der Waals surface area contributed by atoms with Gasteiger partial charge in [-0.25, -0.2) is 0 Å². The normalized spacial score (nSPS) is 10.4. The molecule has 0 unspecified atom stereocenters. The van der Waals surface area contributed by atoms with Crippen LogP contribution in [0.3, 0.4) is 0 Å². The van der Waals surface area contributed by atoms with Gasteiger partial charge in [-0.2, -0.15) is 0 Å². The number of hydrogen-bond donors (Lipinski definition) is 3. The van der Waals surface area contributed by atoms with Crippen LogP contribution in [0.25, 0.3) is 0 Å². The zero-order valence-electron chi connectivity index (χ0n) is 12.1. The third kappa shape index (κ3) is 4.70. The van der Waals surface area contributed by atoms with Crippen LogP contribution < -0.4 is 10.6 Å². The molecule has 2 aromatic carbocycles. The van der Waals surface area contributed by atoms with Gasteiger partial charge in [0.25, 0.3) is 0 Å². The highest BCUT2D eigenvalue weighted by molar-refractivity contribution is 5.89.